The Balaban J connectivity index is 1.90. The third kappa shape index (κ3) is 2.40. The number of carbonyl (C=O) groups is 1. The third-order valence-corrected chi connectivity index (χ3v) is 2.98. The average Bonchev–Trinajstić information content (AvgIpc) is 2.90. The van der Waals surface area contributed by atoms with E-state index in [9.17, 15) is 4.79 Å². The van der Waals surface area contributed by atoms with Crippen LogP contribution in [0, 0.1) is 0 Å². The molecule has 7 nitrogen and oxygen atoms in total. The second-order valence-corrected chi connectivity index (χ2v) is 4.30. The second kappa shape index (κ2) is 5.20. The molecule has 2 heterocycles. The second-order valence-electron chi connectivity index (χ2n) is 4.30. The van der Waals surface area contributed by atoms with Gasteiger partial charge in [0.15, 0.2) is 5.65 Å². The lowest BCUT2D eigenvalue weighted by molar-refractivity contribution is 0.0600. The lowest BCUT2D eigenvalue weighted by Crippen LogP contribution is -2.00. The molecule has 21 heavy (non-hydrogen) atoms. The summed E-state index contributed by atoms with van der Waals surface area (Å²) in [4.78, 5) is 19.6. The van der Waals surface area contributed by atoms with Gasteiger partial charge in [0.2, 0.25) is 5.88 Å². The number of benzene rings is 1. The number of fused-ring (bicyclic) bond motifs is 1. The molecule has 0 unspecified atom stereocenters. The number of hydrogen-bond donors (Lipinski definition) is 0. The van der Waals surface area contributed by atoms with Gasteiger partial charge < -0.3 is 9.47 Å². The van der Waals surface area contributed by atoms with E-state index in [1.165, 1.54) is 13.4 Å². The molecule has 0 bridgehead atoms. The van der Waals surface area contributed by atoms with E-state index in [0.717, 1.165) is 5.39 Å². The zero-order valence-corrected chi connectivity index (χ0v) is 11.5. The highest BCUT2D eigenvalue weighted by molar-refractivity contribution is 5.89. The van der Waals surface area contributed by atoms with E-state index in [4.69, 9.17) is 4.74 Å². The van der Waals surface area contributed by atoms with Crippen molar-refractivity contribution in [2.24, 2.45) is 7.05 Å². The first-order valence-electron chi connectivity index (χ1n) is 6.18. The predicted octanol–water partition coefficient (Wildman–Crippen LogP) is 1.94. The number of nitrogens with zero attached hydrogens (tertiary/aromatic N) is 4. The van der Waals surface area contributed by atoms with E-state index < -0.39 is 5.97 Å². The molecule has 0 spiro atoms. The molecule has 0 aliphatic heterocycles. The maximum absolute atomic E-state index is 11.4. The highest BCUT2D eigenvalue weighted by Gasteiger charge is 2.10. The fraction of sp³-hybridized carbons (Fsp3) is 0.143. The molecule has 0 saturated heterocycles. The van der Waals surface area contributed by atoms with Crippen molar-refractivity contribution in [3.05, 3.63) is 42.4 Å². The molecule has 7 heteroatoms. The van der Waals surface area contributed by atoms with Crippen LogP contribution in [0.5, 0.6) is 11.6 Å². The monoisotopic (exact) mass is 284 g/mol. The van der Waals surface area contributed by atoms with Gasteiger partial charge in [0.05, 0.1) is 18.9 Å². The molecule has 106 valence electrons. The summed E-state index contributed by atoms with van der Waals surface area (Å²) in [7, 11) is 3.14. The van der Waals surface area contributed by atoms with Gasteiger partial charge in [-0.1, -0.05) is 0 Å². The van der Waals surface area contributed by atoms with Gasteiger partial charge in [-0.15, -0.1) is 0 Å². The minimum Gasteiger partial charge on any atom is -0.465 e. The number of esters is 1. The Labute approximate surface area is 120 Å². The van der Waals surface area contributed by atoms with Crippen LogP contribution in [-0.2, 0) is 11.8 Å². The standard InChI is InChI=1S/C14H12N4O3/c1-18-12-11(7-17-18)13(16-8-15-12)21-10-5-3-9(4-6-10)14(19)20-2/h3-8H,1-2H3. The largest absolute Gasteiger partial charge is 0.465 e. The molecule has 3 rings (SSSR count). The molecule has 0 atom stereocenters. The van der Waals surface area contributed by atoms with Crippen molar-refractivity contribution in [1.29, 1.82) is 0 Å². The Morgan fingerprint density at radius 3 is 2.67 bits per heavy atom. The lowest BCUT2D eigenvalue weighted by atomic mass is 10.2. The Bertz CT molecular complexity index is 796. The molecular weight excluding hydrogens is 272 g/mol. The zero-order valence-electron chi connectivity index (χ0n) is 11.5. The first-order valence-corrected chi connectivity index (χ1v) is 6.18. The molecular formula is C14H12N4O3. The highest BCUT2D eigenvalue weighted by Crippen LogP contribution is 2.26. The molecule has 0 aliphatic rings. The summed E-state index contributed by atoms with van der Waals surface area (Å²) >= 11 is 0. The summed E-state index contributed by atoms with van der Waals surface area (Å²) in [6, 6.07) is 6.61. The van der Waals surface area contributed by atoms with Gasteiger partial charge in [-0.25, -0.2) is 14.8 Å². The number of aromatic nitrogens is 4. The Hall–Kier alpha value is -2.96. The van der Waals surface area contributed by atoms with Gasteiger partial charge in [0.1, 0.15) is 17.5 Å². The van der Waals surface area contributed by atoms with Gasteiger partial charge >= 0.3 is 5.97 Å². The minimum absolute atomic E-state index is 0.391. The number of rotatable bonds is 3. The average molecular weight is 284 g/mol. The molecule has 0 N–H and O–H groups in total. The molecule has 0 saturated carbocycles. The first kappa shape index (κ1) is 13.0. The van der Waals surface area contributed by atoms with Crippen LogP contribution in [0.4, 0.5) is 0 Å². The maximum Gasteiger partial charge on any atom is 0.337 e. The van der Waals surface area contributed by atoms with Crippen LogP contribution in [0.2, 0.25) is 0 Å². The Morgan fingerprint density at radius 1 is 1.19 bits per heavy atom. The summed E-state index contributed by atoms with van der Waals surface area (Å²) < 4.78 is 12.0. The zero-order chi connectivity index (χ0) is 14.8. The SMILES string of the molecule is COC(=O)c1ccc(Oc2ncnc3c2cnn3C)cc1. The van der Waals surface area contributed by atoms with Gasteiger partial charge in [-0.05, 0) is 24.3 Å². The number of ether oxygens (including phenoxy) is 2. The maximum atomic E-state index is 11.4. The quantitative estimate of drug-likeness (QED) is 0.684. The van der Waals surface area contributed by atoms with E-state index in [2.05, 4.69) is 19.8 Å². The van der Waals surface area contributed by atoms with Crippen LogP contribution < -0.4 is 4.74 Å². The summed E-state index contributed by atoms with van der Waals surface area (Å²) in [5.41, 5.74) is 1.14. The van der Waals surface area contributed by atoms with Crippen LogP contribution in [0.15, 0.2) is 36.8 Å². The Kier molecular flexibility index (Phi) is 3.23. The van der Waals surface area contributed by atoms with E-state index in [1.807, 2.05) is 0 Å². The number of methoxy groups -OCH3 is 1. The molecule has 3 aromatic rings. The highest BCUT2D eigenvalue weighted by atomic mass is 16.5. The van der Waals surface area contributed by atoms with Crippen LogP contribution in [0.25, 0.3) is 11.0 Å². The van der Waals surface area contributed by atoms with Crippen molar-refractivity contribution in [1.82, 2.24) is 19.7 Å². The lowest BCUT2D eigenvalue weighted by Gasteiger charge is -2.06. The van der Waals surface area contributed by atoms with E-state index in [0.29, 0.717) is 22.8 Å². The first-order chi connectivity index (χ1) is 10.2. The summed E-state index contributed by atoms with van der Waals surface area (Å²) in [5.74, 6) is 0.587. The van der Waals surface area contributed by atoms with E-state index >= 15 is 0 Å². The van der Waals surface area contributed by atoms with Crippen molar-refractivity contribution < 1.29 is 14.3 Å². The molecule has 1 aromatic carbocycles. The number of hydrogen-bond acceptors (Lipinski definition) is 6. The van der Waals surface area contributed by atoms with E-state index in [-0.39, 0.29) is 0 Å². The number of carbonyl (C=O) groups excluding carboxylic acids is 1. The van der Waals surface area contributed by atoms with Gasteiger partial charge in [0.25, 0.3) is 0 Å². The van der Waals surface area contributed by atoms with Crippen molar-refractivity contribution in [3.63, 3.8) is 0 Å². The smallest absolute Gasteiger partial charge is 0.337 e. The summed E-state index contributed by atoms with van der Waals surface area (Å²) in [6.45, 7) is 0. The van der Waals surface area contributed by atoms with Crippen LogP contribution in [0.1, 0.15) is 10.4 Å². The molecule has 0 aliphatic carbocycles. The fourth-order valence-corrected chi connectivity index (χ4v) is 1.91. The third-order valence-electron chi connectivity index (χ3n) is 2.98. The normalized spacial score (nSPS) is 10.6. The summed E-state index contributed by atoms with van der Waals surface area (Å²) in [5, 5.41) is 4.84. The summed E-state index contributed by atoms with van der Waals surface area (Å²) in [6.07, 6.45) is 3.07. The van der Waals surface area contributed by atoms with Gasteiger partial charge in [0, 0.05) is 7.05 Å². The van der Waals surface area contributed by atoms with Gasteiger partial charge in [-0.3, -0.25) is 4.68 Å². The van der Waals surface area contributed by atoms with Crippen LogP contribution >= 0.6 is 0 Å². The van der Waals surface area contributed by atoms with Crippen LogP contribution in [-0.4, -0.2) is 32.8 Å². The topological polar surface area (TPSA) is 79.1 Å². The van der Waals surface area contributed by atoms with Crippen molar-refractivity contribution in [2.45, 2.75) is 0 Å². The molecule has 0 amide bonds. The molecule has 2 aromatic heterocycles. The minimum atomic E-state index is -0.391. The number of aryl methyl sites for hydroxylation is 1. The fourth-order valence-electron chi connectivity index (χ4n) is 1.91. The Morgan fingerprint density at radius 2 is 1.95 bits per heavy atom. The molecule has 0 fully saturated rings. The van der Waals surface area contributed by atoms with Crippen molar-refractivity contribution in [3.8, 4) is 11.6 Å². The van der Waals surface area contributed by atoms with Crippen LogP contribution in [0.3, 0.4) is 0 Å². The van der Waals surface area contributed by atoms with Crippen molar-refractivity contribution in [2.75, 3.05) is 7.11 Å². The van der Waals surface area contributed by atoms with Crippen molar-refractivity contribution >= 4 is 17.0 Å². The van der Waals surface area contributed by atoms with Gasteiger partial charge in [-0.2, -0.15) is 5.10 Å². The van der Waals surface area contributed by atoms with E-state index in [1.54, 1.807) is 42.2 Å². The predicted molar refractivity (Wildman–Crippen MR) is 74.2 cm³/mol. The molecule has 0 radical (unpaired) electrons.